The predicted molar refractivity (Wildman–Crippen MR) is 115 cm³/mol. The molecular formula is C22H29N3O3S. The highest BCUT2D eigenvalue weighted by Gasteiger charge is 2.28. The van der Waals surface area contributed by atoms with Crippen LogP contribution >= 0.6 is 11.3 Å². The quantitative estimate of drug-likeness (QED) is 0.736. The average molecular weight is 416 g/mol. The van der Waals surface area contributed by atoms with E-state index >= 15 is 0 Å². The van der Waals surface area contributed by atoms with E-state index in [4.69, 9.17) is 4.74 Å². The first-order valence-electron chi connectivity index (χ1n) is 9.97. The Bertz CT molecular complexity index is 844. The Kier molecular flexibility index (Phi) is 6.57. The van der Waals surface area contributed by atoms with Gasteiger partial charge in [-0.05, 0) is 39.5 Å². The summed E-state index contributed by atoms with van der Waals surface area (Å²) in [4.78, 5) is 33.2. The van der Waals surface area contributed by atoms with Gasteiger partial charge in [-0.2, -0.15) is 0 Å². The molecule has 0 N–H and O–H groups in total. The number of thiazole rings is 1. The molecule has 2 heterocycles. The van der Waals surface area contributed by atoms with Crippen molar-refractivity contribution in [2.24, 2.45) is 5.92 Å². The molecule has 7 heteroatoms. The summed E-state index contributed by atoms with van der Waals surface area (Å²) in [6.45, 7) is 7.50. The van der Waals surface area contributed by atoms with Crippen LogP contribution in [0, 0.1) is 5.92 Å². The van der Waals surface area contributed by atoms with Crippen LogP contribution in [0.2, 0.25) is 0 Å². The molecule has 3 rings (SSSR count). The van der Waals surface area contributed by atoms with E-state index in [1.807, 2.05) is 61.4 Å². The summed E-state index contributed by atoms with van der Waals surface area (Å²) < 4.78 is 5.43. The molecule has 0 radical (unpaired) electrons. The second-order valence-corrected chi connectivity index (χ2v) is 9.38. The van der Waals surface area contributed by atoms with Gasteiger partial charge in [-0.3, -0.25) is 4.79 Å². The summed E-state index contributed by atoms with van der Waals surface area (Å²) in [7, 11) is 1.75. The lowest BCUT2D eigenvalue weighted by atomic mass is 9.97. The van der Waals surface area contributed by atoms with E-state index in [2.05, 4.69) is 4.98 Å². The summed E-state index contributed by atoms with van der Waals surface area (Å²) in [5, 5.41) is 2.69. The lowest BCUT2D eigenvalue weighted by molar-refractivity contribution is 0.0244. The van der Waals surface area contributed by atoms with Gasteiger partial charge in [-0.15, -0.1) is 11.3 Å². The van der Waals surface area contributed by atoms with Crippen LogP contribution in [0.3, 0.4) is 0 Å². The molecule has 1 aliphatic rings. The maximum atomic E-state index is 13.0. The molecule has 1 aromatic carbocycles. The molecule has 0 unspecified atom stereocenters. The molecular weight excluding hydrogens is 386 g/mol. The molecule has 1 aromatic heterocycles. The van der Waals surface area contributed by atoms with Gasteiger partial charge < -0.3 is 14.5 Å². The third-order valence-electron chi connectivity index (χ3n) is 4.79. The van der Waals surface area contributed by atoms with Gasteiger partial charge >= 0.3 is 6.09 Å². The van der Waals surface area contributed by atoms with Gasteiger partial charge in [-0.1, -0.05) is 30.3 Å². The summed E-state index contributed by atoms with van der Waals surface area (Å²) in [5.74, 6) is 0.200. The fourth-order valence-electron chi connectivity index (χ4n) is 3.45. The van der Waals surface area contributed by atoms with E-state index in [-0.39, 0.29) is 17.9 Å². The van der Waals surface area contributed by atoms with Gasteiger partial charge in [0.05, 0.1) is 0 Å². The second-order valence-electron chi connectivity index (χ2n) is 8.52. The topological polar surface area (TPSA) is 62.7 Å². The summed E-state index contributed by atoms with van der Waals surface area (Å²) in [6, 6.07) is 9.89. The van der Waals surface area contributed by atoms with Gasteiger partial charge in [-0.25, -0.2) is 9.78 Å². The maximum absolute atomic E-state index is 13.0. The highest BCUT2D eigenvalue weighted by atomic mass is 32.1. The number of amides is 2. The number of ether oxygens (including phenoxy) is 1. The summed E-state index contributed by atoms with van der Waals surface area (Å²) >= 11 is 1.49. The number of carbonyl (C=O) groups is 2. The maximum Gasteiger partial charge on any atom is 0.410 e. The van der Waals surface area contributed by atoms with Crippen LogP contribution in [0.4, 0.5) is 4.79 Å². The minimum absolute atomic E-state index is 0.0342. The number of hydrogen-bond donors (Lipinski definition) is 0. The van der Waals surface area contributed by atoms with Crippen LogP contribution in [0.25, 0.3) is 10.6 Å². The van der Waals surface area contributed by atoms with Gasteiger partial charge in [0.1, 0.15) is 16.3 Å². The third-order valence-corrected chi connectivity index (χ3v) is 5.68. The van der Waals surface area contributed by atoms with Crippen molar-refractivity contribution in [1.29, 1.82) is 0 Å². The van der Waals surface area contributed by atoms with Crippen LogP contribution in [0.5, 0.6) is 0 Å². The average Bonchev–Trinajstić information content (AvgIpc) is 3.17. The molecule has 156 valence electrons. The van der Waals surface area contributed by atoms with Crippen molar-refractivity contribution in [3.05, 3.63) is 41.4 Å². The highest BCUT2D eigenvalue weighted by molar-refractivity contribution is 7.13. The summed E-state index contributed by atoms with van der Waals surface area (Å²) in [6.07, 6.45) is 1.59. The molecule has 0 bridgehead atoms. The number of hydrogen-bond acceptors (Lipinski definition) is 5. The molecule has 6 nitrogen and oxygen atoms in total. The van der Waals surface area contributed by atoms with E-state index < -0.39 is 5.60 Å². The predicted octanol–water partition coefficient (Wildman–Crippen LogP) is 4.53. The van der Waals surface area contributed by atoms with E-state index in [1.54, 1.807) is 11.9 Å². The Morgan fingerprint density at radius 2 is 2.00 bits per heavy atom. The van der Waals surface area contributed by atoms with Crippen LogP contribution in [-0.4, -0.2) is 59.1 Å². The first-order chi connectivity index (χ1) is 13.7. The standard InChI is InChI=1S/C22H29N3O3S/c1-22(2,3)28-21(27)24(4)13-16-9-8-12-25(14-16)20(26)18-15-29-19(23-18)17-10-6-5-7-11-17/h5-7,10-11,15-16H,8-9,12-14H2,1-4H3/t16-/m1/s1. The van der Waals surface area contributed by atoms with E-state index in [1.165, 1.54) is 11.3 Å². The second kappa shape index (κ2) is 8.95. The molecule has 0 saturated carbocycles. The van der Waals surface area contributed by atoms with Gasteiger partial charge in [0, 0.05) is 37.6 Å². The van der Waals surface area contributed by atoms with Crippen molar-refractivity contribution in [2.75, 3.05) is 26.7 Å². The lowest BCUT2D eigenvalue weighted by Gasteiger charge is -2.34. The lowest BCUT2D eigenvalue weighted by Crippen LogP contribution is -2.45. The van der Waals surface area contributed by atoms with E-state index in [9.17, 15) is 9.59 Å². The van der Waals surface area contributed by atoms with Crippen LogP contribution in [0.15, 0.2) is 35.7 Å². The molecule has 1 fully saturated rings. The van der Waals surface area contributed by atoms with Crippen molar-refractivity contribution in [2.45, 2.75) is 39.2 Å². The van der Waals surface area contributed by atoms with Crippen molar-refractivity contribution < 1.29 is 14.3 Å². The molecule has 2 amide bonds. The third kappa shape index (κ3) is 5.79. The Morgan fingerprint density at radius 3 is 2.69 bits per heavy atom. The molecule has 1 aliphatic heterocycles. The SMILES string of the molecule is CN(C[C@H]1CCCN(C(=O)c2csc(-c3ccccc3)n2)C1)C(=O)OC(C)(C)C. The molecule has 0 spiro atoms. The molecule has 2 aromatic rings. The van der Waals surface area contributed by atoms with Crippen LogP contribution < -0.4 is 0 Å². The Balaban J connectivity index is 1.60. The molecule has 1 saturated heterocycles. The zero-order valence-electron chi connectivity index (χ0n) is 17.6. The normalized spacial score (nSPS) is 17.1. The van der Waals surface area contributed by atoms with E-state index in [0.29, 0.717) is 18.8 Å². The minimum atomic E-state index is -0.513. The zero-order valence-corrected chi connectivity index (χ0v) is 18.4. The minimum Gasteiger partial charge on any atom is -0.444 e. The van der Waals surface area contributed by atoms with Gasteiger partial charge in [0.2, 0.25) is 0 Å². The molecule has 29 heavy (non-hydrogen) atoms. The highest BCUT2D eigenvalue weighted by Crippen LogP contribution is 2.25. The number of piperidine rings is 1. The number of benzene rings is 1. The number of aromatic nitrogens is 1. The fraction of sp³-hybridized carbons (Fsp3) is 0.500. The summed E-state index contributed by atoms with van der Waals surface area (Å²) in [5.41, 5.74) is 1.00. The Labute approximate surface area is 176 Å². The smallest absolute Gasteiger partial charge is 0.410 e. The zero-order chi connectivity index (χ0) is 21.0. The number of rotatable bonds is 4. The molecule has 1 atom stereocenters. The first-order valence-corrected chi connectivity index (χ1v) is 10.9. The number of likely N-dealkylation sites (tertiary alicyclic amines) is 1. The monoisotopic (exact) mass is 415 g/mol. The number of nitrogens with zero attached hydrogens (tertiary/aromatic N) is 3. The Hall–Kier alpha value is -2.41. The number of carbonyl (C=O) groups excluding carboxylic acids is 2. The van der Waals surface area contributed by atoms with Gasteiger partial charge in [0.25, 0.3) is 5.91 Å². The molecule has 0 aliphatic carbocycles. The largest absolute Gasteiger partial charge is 0.444 e. The van der Waals surface area contributed by atoms with Crippen molar-refractivity contribution >= 4 is 23.3 Å². The first kappa shape index (κ1) is 21.3. The van der Waals surface area contributed by atoms with Crippen LogP contribution in [0.1, 0.15) is 44.1 Å². The van der Waals surface area contributed by atoms with Crippen LogP contribution in [-0.2, 0) is 4.74 Å². The van der Waals surface area contributed by atoms with Gasteiger partial charge in [0.15, 0.2) is 0 Å². The van der Waals surface area contributed by atoms with Crippen molar-refractivity contribution in [3.63, 3.8) is 0 Å². The fourth-order valence-corrected chi connectivity index (χ4v) is 4.25. The van der Waals surface area contributed by atoms with Crippen molar-refractivity contribution in [3.8, 4) is 10.6 Å². The van der Waals surface area contributed by atoms with E-state index in [0.717, 1.165) is 30.0 Å². The Morgan fingerprint density at radius 1 is 1.28 bits per heavy atom. The van der Waals surface area contributed by atoms with Crippen molar-refractivity contribution in [1.82, 2.24) is 14.8 Å².